The lowest BCUT2D eigenvalue weighted by molar-refractivity contribution is -0.144. The number of carbonyl (C=O) groups is 2. The Morgan fingerprint density at radius 1 is 0.853 bits per heavy atom. The predicted octanol–water partition coefficient (Wildman–Crippen LogP) is 6.80. The molecule has 2 N–H and O–H groups in total. The molecule has 0 heterocycles. The molecule has 0 amide bonds. The first-order valence-corrected chi connectivity index (χ1v) is 12.5. The molecule has 2 rings (SSSR count). The molecule has 0 aliphatic heterocycles. The van der Waals surface area contributed by atoms with Crippen LogP contribution in [-0.2, 0) is 19.1 Å². The van der Waals surface area contributed by atoms with E-state index >= 15 is 0 Å². The number of esters is 2. The minimum absolute atomic E-state index is 0.0271. The third kappa shape index (κ3) is 9.43. The highest BCUT2D eigenvalue weighted by atomic mass is 79.9. The summed E-state index contributed by atoms with van der Waals surface area (Å²) >= 11 is 6.60. The van der Waals surface area contributed by atoms with Crippen molar-refractivity contribution in [2.24, 2.45) is 5.73 Å². The summed E-state index contributed by atoms with van der Waals surface area (Å²) in [4.78, 5) is 22.6. The number of carbonyl (C=O) groups excluding carboxylic acids is 2. The maximum Gasteiger partial charge on any atom is 0.307 e. The summed E-state index contributed by atoms with van der Waals surface area (Å²) in [5.41, 5.74) is 7.74. The van der Waals surface area contributed by atoms with Crippen LogP contribution >= 0.6 is 31.9 Å². The Balaban J connectivity index is 0.000000340. The van der Waals surface area contributed by atoms with Gasteiger partial charge in [-0.05, 0) is 74.6 Å². The molecule has 2 aromatic carbocycles. The topological polar surface area (TPSA) is 78.6 Å². The third-order valence-corrected chi connectivity index (χ3v) is 5.81. The van der Waals surface area contributed by atoms with E-state index in [9.17, 15) is 18.4 Å². The predicted molar refractivity (Wildman–Crippen MR) is 136 cm³/mol. The molecule has 2 atom stereocenters. The van der Waals surface area contributed by atoms with Gasteiger partial charge in [-0.15, -0.1) is 0 Å². The molecule has 34 heavy (non-hydrogen) atoms. The van der Waals surface area contributed by atoms with Crippen molar-refractivity contribution in [3.63, 3.8) is 0 Å². The average Bonchev–Trinajstić information content (AvgIpc) is 2.73. The van der Waals surface area contributed by atoms with Crippen molar-refractivity contribution in [2.45, 2.75) is 59.4 Å². The SMILES string of the molecule is CCOC(=O)C[C@H](C)c1cc(Br)cc(C)c1F.CCOC(=O)C[C@H](N)c1cc(Br)cc(C)c1F. The van der Waals surface area contributed by atoms with Gasteiger partial charge >= 0.3 is 11.9 Å². The van der Waals surface area contributed by atoms with Gasteiger partial charge in [0.25, 0.3) is 0 Å². The van der Waals surface area contributed by atoms with Crippen LogP contribution in [-0.4, -0.2) is 25.2 Å². The van der Waals surface area contributed by atoms with Gasteiger partial charge in [0.2, 0.25) is 0 Å². The van der Waals surface area contributed by atoms with Crippen molar-refractivity contribution in [3.05, 3.63) is 67.1 Å². The number of benzene rings is 2. The van der Waals surface area contributed by atoms with Crippen LogP contribution in [0.2, 0.25) is 0 Å². The molecule has 5 nitrogen and oxygen atoms in total. The average molecular weight is 607 g/mol. The number of hydrogen-bond donors (Lipinski definition) is 1. The zero-order chi connectivity index (χ0) is 26.0. The molecule has 0 bridgehead atoms. The Bertz CT molecular complexity index is 922. The fourth-order valence-electron chi connectivity index (χ4n) is 3.22. The third-order valence-electron chi connectivity index (χ3n) is 4.90. The number of halogens is 4. The van der Waals surface area contributed by atoms with Crippen molar-refractivity contribution in [2.75, 3.05) is 13.2 Å². The van der Waals surface area contributed by atoms with Gasteiger partial charge in [0.05, 0.1) is 26.1 Å². The maximum atomic E-state index is 13.9. The largest absolute Gasteiger partial charge is 0.466 e. The van der Waals surface area contributed by atoms with E-state index in [1.807, 2.05) is 6.92 Å². The summed E-state index contributed by atoms with van der Waals surface area (Å²) < 4.78 is 38.9. The van der Waals surface area contributed by atoms with Crippen molar-refractivity contribution in [1.29, 1.82) is 0 Å². The fourth-order valence-corrected chi connectivity index (χ4v) is 4.40. The minimum Gasteiger partial charge on any atom is -0.466 e. The highest BCUT2D eigenvalue weighted by molar-refractivity contribution is 9.10. The van der Waals surface area contributed by atoms with Crippen LogP contribution in [0.5, 0.6) is 0 Å². The van der Waals surface area contributed by atoms with Gasteiger partial charge in [0.1, 0.15) is 11.6 Å². The highest BCUT2D eigenvalue weighted by Crippen LogP contribution is 2.28. The molecule has 0 saturated heterocycles. The second-order valence-electron chi connectivity index (χ2n) is 7.78. The van der Waals surface area contributed by atoms with Crippen LogP contribution < -0.4 is 5.73 Å². The van der Waals surface area contributed by atoms with Gasteiger partial charge in [-0.2, -0.15) is 0 Å². The van der Waals surface area contributed by atoms with E-state index in [1.54, 1.807) is 52.0 Å². The summed E-state index contributed by atoms with van der Waals surface area (Å²) in [7, 11) is 0. The Morgan fingerprint density at radius 2 is 1.26 bits per heavy atom. The van der Waals surface area contributed by atoms with Crippen molar-refractivity contribution in [1.82, 2.24) is 0 Å². The van der Waals surface area contributed by atoms with E-state index in [2.05, 4.69) is 31.9 Å². The second-order valence-corrected chi connectivity index (χ2v) is 9.61. The molecule has 0 unspecified atom stereocenters. The first kappa shape index (κ1) is 30.2. The molecule has 9 heteroatoms. The van der Waals surface area contributed by atoms with Gasteiger partial charge in [-0.25, -0.2) is 8.78 Å². The van der Waals surface area contributed by atoms with Crippen LogP contribution in [0.15, 0.2) is 33.2 Å². The molecule has 0 aliphatic carbocycles. The molecule has 188 valence electrons. The van der Waals surface area contributed by atoms with E-state index in [0.29, 0.717) is 35.5 Å². The van der Waals surface area contributed by atoms with Crippen LogP contribution in [0.3, 0.4) is 0 Å². The van der Waals surface area contributed by atoms with E-state index in [-0.39, 0.29) is 36.4 Å². The molecule has 0 saturated carbocycles. The van der Waals surface area contributed by atoms with Gasteiger partial charge in [-0.3, -0.25) is 9.59 Å². The molecular weight excluding hydrogens is 576 g/mol. The monoisotopic (exact) mass is 605 g/mol. The van der Waals surface area contributed by atoms with Gasteiger partial charge in [0.15, 0.2) is 0 Å². The lowest BCUT2D eigenvalue weighted by Gasteiger charge is -2.14. The van der Waals surface area contributed by atoms with E-state index < -0.39 is 12.0 Å². The molecule has 2 aromatic rings. The maximum absolute atomic E-state index is 13.9. The van der Waals surface area contributed by atoms with Crippen LogP contribution in [0.1, 0.15) is 67.8 Å². The molecule has 0 aromatic heterocycles. The van der Waals surface area contributed by atoms with Crippen molar-refractivity contribution in [3.8, 4) is 0 Å². The quantitative estimate of drug-likeness (QED) is 0.334. The fraction of sp³-hybridized carbons (Fsp3) is 0.440. The lowest BCUT2D eigenvalue weighted by atomic mass is 9.95. The van der Waals surface area contributed by atoms with E-state index in [1.165, 1.54) is 0 Å². The molecule has 0 spiro atoms. The molecule has 0 radical (unpaired) electrons. The first-order chi connectivity index (χ1) is 15.9. The number of ether oxygens (including phenoxy) is 2. The van der Waals surface area contributed by atoms with Gasteiger partial charge < -0.3 is 15.2 Å². The Hall–Kier alpha value is -1.84. The van der Waals surface area contributed by atoms with Crippen LogP contribution in [0, 0.1) is 25.5 Å². The molecule has 0 aliphatic rings. The minimum atomic E-state index is -0.690. The van der Waals surface area contributed by atoms with Crippen LogP contribution in [0.25, 0.3) is 0 Å². The molecule has 0 fully saturated rings. The summed E-state index contributed by atoms with van der Waals surface area (Å²) in [6.45, 7) is 9.30. The Labute approximate surface area is 216 Å². The number of hydrogen-bond acceptors (Lipinski definition) is 5. The van der Waals surface area contributed by atoms with Gasteiger partial charge in [0, 0.05) is 20.6 Å². The number of nitrogens with two attached hydrogens (primary N) is 1. The highest BCUT2D eigenvalue weighted by Gasteiger charge is 2.19. The standard InChI is InChI=1S/C13H16BrFO2.C12H15BrFNO2/c1-4-17-12(16)6-8(2)11-7-10(14)5-9(3)13(11)15;1-3-17-11(16)6-10(15)9-5-8(13)4-7(2)12(9)14/h5,7-8H,4,6H2,1-3H3;4-5,10H,3,6,15H2,1-2H3/t8-;10-/m00/s1. The zero-order valence-corrected chi connectivity index (χ0v) is 23.2. The zero-order valence-electron chi connectivity index (χ0n) is 20.0. The van der Waals surface area contributed by atoms with Crippen molar-refractivity contribution >= 4 is 43.8 Å². The second kappa shape index (κ2) is 14.5. The Morgan fingerprint density at radius 3 is 1.74 bits per heavy atom. The van der Waals surface area contributed by atoms with Crippen LogP contribution in [0.4, 0.5) is 8.78 Å². The van der Waals surface area contributed by atoms with E-state index in [4.69, 9.17) is 15.2 Å². The van der Waals surface area contributed by atoms with Crippen molar-refractivity contribution < 1.29 is 27.8 Å². The molecular formula is C25H31Br2F2NO4. The summed E-state index contributed by atoms with van der Waals surface area (Å²) in [5.74, 6) is -1.52. The number of aryl methyl sites for hydroxylation is 2. The number of rotatable bonds is 8. The lowest BCUT2D eigenvalue weighted by Crippen LogP contribution is -2.18. The normalized spacial score (nSPS) is 12.3. The summed E-state index contributed by atoms with van der Waals surface area (Å²) in [5, 5.41) is 0. The smallest absolute Gasteiger partial charge is 0.307 e. The first-order valence-electron chi connectivity index (χ1n) is 10.9. The van der Waals surface area contributed by atoms with E-state index in [0.717, 1.165) is 8.95 Å². The summed E-state index contributed by atoms with van der Waals surface area (Å²) in [6.07, 6.45) is 0.168. The Kier molecular flexibility index (Phi) is 12.9. The van der Waals surface area contributed by atoms with Gasteiger partial charge in [-0.1, -0.05) is 38.8 Å². The summed E-state index contributed by atoms with van der Waals surface area (Å²) in [6, 6.07) is 6.00.